The molecule has 2 unspecified atom stereocenters. The smallest absolute Gasteiger partial charge is 0.256 e. The van der Waals surface area contributed by atoms with Crippen molar-refractivity contribution >= 4 is 29.1 Å². The third-order valence-corrected chi connectivity index (χ3v) is 4.54. The van der Waals surface area contributed by atoms with Gasteiger partial charge in [0, 0.05) is 29.7 Å². The van der Waals surface area contributed by atoms with Crippen LogP contribution in [0.15, 0.2) is 59.5 Å². The molecule has 1 aromatic heterocycles. The molecule has 0 aliphatic rings. The van der Waals surface area contributed by atoms with Gasteiger partial charge in [0.15, 0.2) is 0 Å². The Balaban J connectivity index is 0.00000341. The van der Waals surface area contributed by atoms with E-state index in [0.29, 0.717) is 41.0 Å². The molecule has 0 fully saturated rings. The van der Waals surface area contributed by atoms with E-state index in [1.54, 1.807) is 42.5 Å². The van der Waals surface area contributed by atoms with Crippen LogP contribution in [0.2, 0.25) is 0 Å². The number of carbonyl (C=O) groups excluding carboxylic acids is 1. The number of nitrogens with two attached hydrogens (primary N) is 1. The molecule has 0 saturated carbocycles. The monoisotopic (exact) mass is 447 g/mol. The number of hydrogen-bond acceptors (Lipinski definition) is 6. The van der Waals surface area contributed by atoms with Crippen molar-refractivity contribution in [1.82, 2.24) is 10.3 Å². The Morgan fingerprint density at radius 3 is 2.45 bits per heavy atom. The minimum Gasteiger partial charge on any atom is -0.492 e. The minimum absolute atomic E-state index is 0. The van der Waals surface area contributed by atoms with Crippen LogP contribution in [0.25, 0.3) is 10.8 Å². The lowest BCUT2D eigenvalue weighted by atomic mass is 10.1. The molecule has 166 valence electrons. The molecule has 0 saturated heterocycles. The third-order valence-electron chi connectivity index (χ3n) is 4.54. The molecule has 2 aromatic carbocycles. The van der Waals surface area contributed by atoms with Gasteiger partial charge in [0.1, 0.15) is 30.8 Å². The summed E-state index contributed by atoms with van der Waals surface area (Å²) in [6.45, 7) is 2.70. The normalized spacial score (nSPS) is 12.6. The van der Waals surface area contributed by atoms with E-state index in [4.69, 9.17) is 15.2 Å². The van der Waals surface area contributed by atoms with Gasteiger partial charge in [-0.2, -0.15) is 0 Å². The quantitative estimate of drug-likeness (QED) is 0.375. The van der Waals surface area contributed by atoms with Crippen LogP contribution in [-0.2, 0) is 0 Å². The number of fused-ring (bicyclic) bond motifs is 1. The summed E-state index contributed by atoms with van der Waals surface area (Å²) in [4.78, 5) is 25.6. The summed E-state index contributed by atoms with van der Waals surface area (Å²) in [7, 11) is 0. The van der Waals surface area contributed by atoms with Crippen molar-refractivity contribution in [3.05, 3.63) is 70.6 Å². The molecule has 1 amide bonds. The minimum atomic E-state index is -0.743. The predicted octanol–water partition coefficient (Wildman–Crippen LogP) is 1.85. The highest BCUT2D eigenvalue weighted by Crippen LogP contribution is 2.21. The van der Waals surface area contributed by atoms with Crippen LogP contribution >= 0.6 is 12.4 Å². The zero-order valence-electron chi connectivity index (χ0n) is 17.0. The molecule has 0 aliphatic heterocycles. The molecule has 1 heterocycles. The van der Waals surface area contributed by atoms with E-state index in [2.05, 4.69) is 10.3 Å². The van der Waals surface area contributed by atoms with Crippen LogP contribution in [0.4, 0.5) is 0 Å². The number of benzene rings is 2. The SMILES string of the molecule is CC(COc1ccc(C(N)=O)cc1)NCC(O)COc1c[nH]c(=O)c2ccccc12.Cl. The number of halogens is 1. The van der Waals surface area contributed by atoms with Crippen LogP contribution in [-0.4, -0.2) is 47.9 Å². The number of rotatable bonds is 10. The fourth-order valence-corrected chi connectivity index (χ4v) is 2.88. The van der Waals surface area contributed by atoms with E-state index in [1.807, 2.05) is 13.0 Å². The summed E-state index contributed by atoms with van der Waals surface area (Å²) >= 11 is 0. The Hall–Kier alpha value is -3.07. The molecule has 2 atom stereocenters. The molecule has 31 heavy (non-hydrogen) atoms. The first-order chi connectivity index (χ1) is 14.4. The molecule has 3 rings (SSSR count). The number of primary amides is 1. The average Bonchev–Trinajstić information content (AvgIpc) is 2.76. The first kappa shape index (κ1) is 24.2. The van der Waals surface area contributed by atoms with Crippen molar-refractivity contribution in [2.75, 3.05) is 19.8 Å². The lowest BCUT2D eigenvalue weighted by Gasteiger charge is -2.18. The van der Waals surface area contributed by atoms with Crippen LogP contribution in [0.3, 0.4) is 0 Å². The summed E-state index contributed by atoms with van der Waals surface area (Å²) in [5.74, 6) is 0.658. The van der Waals surface area contributed by atoms with Gasteiger partial charge in [0.2, 0.25) is 5.91 Å². The summed E-state index contributed by atoms with van der Waals surface area (Å²) in [5.41, 5.74) is 5.45. The number of aromatic nitrogens is 1. The number of carbonyl (C=O) groups is 1. The van der Waals surface area contributed by atoms with Crippen LogP contribution in [0, 0.1) is 0 Å². The van der Waals surface area contributed by atoms with Gasteiger partial charge in [-0.15, -0.1) is 12.4 Å². The number of aromatic amines is 1. The maximum atomic E-state index is 11.9. The lowest BCUT2D eigenvalue weighted by Crippen LogP contribution is -2.39. The number of aliphatic hydroxyl groups excluding tert-OH is 1. The number of hydrogen-bond donors (Lipinski definition) is 4. The first-order valence-corrected chi connectivity index (χ1v) is 9.61. The molecule has 3 aromatic rings. The highest BCUT2D eigenvalue weighted by Gasteiger charge is 2.11. The zero-order valence-corrected chi connectivity index (χ0v) is 17.9. The van der Waals surface area contributed by atoms with Crippen molar-refractivity contribution in [2.45, 2.75) is 19.1 Å². The van der Waals surface area contributed by atoms with Gasteiger partial charge in [-0.25, -0.2) is 0 Å². The number of pyridine rings is 1. The first-order valence-electron chi connectivity index (χ1n) is 9.61. The summed E-state index contributed by atoms with van der Waals surface area (Å²) in [6, 6.07) is 13.7. The molecule has 0 bridgehead atoms. The Bertz CT molecular complexity index is 1050. The van der Waals surface area contributed by atoms with Gasteiger partial charge in [-0.1, -0.05) is 18.2 Å². The third kappa shape index (κ3) is 6.71. The predicted molar refractivity (Wildman–Crippen MR) is 121 cm³/mol. The fourth-order valence-electron chi connectivity index (χ4n) is 2.88. The van der Waals surface area contributed by atoms with E-state index < -0.39 is 12.0 Å². The Morgan fingerprint density at radius 2 is 1.77 bits per heavy atom. The van der Waals surface area contributed by atoms with Crippen molar-refractivity contribution in [2.24, 2.45) is 5.73 Å². The molecular weight excluding hydrogens is 422 g/mol. The van der Waals surface area contributed by atoms with E-state index in [0.717, 1.165) is 0 Å². The number of ether oxygens (including phenoxy) is 2. The van der Waals surface area contributed by atoms with Crippen molar-refractivity contribution in [3.63, 3.8) is 0 Å². The molecule has 0 spiro atoms. The Labute approximate surface area is 185 Å². The van der Waals surface area contributed by atoms with Gasteiger partial charge in [0.05, 0.1) is 5.39 Å². The molecule has 5 N–H and O–H groups in total. The van der Waals surface area contributed by atoms with Crippen molar-refractivity contribution < 1.29 is 19.4 Å². The number of H-pyrrole nitrogens is 1. The van der Waals surface area contributed by atoms with E-state index in [1.165, 1.54) is 6.20 Å². The number of nitrogens with one attached hydrogen (secondary N) is 2. The van der Waals surface area contributed by atoms with Gasteiger partial charge in [-0.3, -0.25) is 9.59 Å². The molecule has 0 radical (unpaired) electrons. The average molecular weight is 448 g/mol. The largest absolute Gasteiger partial charge is 0.492 e. The zero-order chi connectivity index (χ0) is 21.5. The summed E-state index contributed by atoms with van der Waals surface area (Å²) in [6.07, 6.45) is 0.762. The molecular formula is C22H26ClN3O5. The highest BCUT2D eigenvalue weighted by molar-refractivity contribution is 5.92. The maximum absolute atomic E-state index is 11.9. The number of aliphatic hydroxyl groups is 1. The summed E-state index contributed by atoms with van der Waals surface area (Å²) in [5, 5.41) is 14.6. The van der Waals surface area contributed by atoms with Crippen LogP contribution in [0.5, 0.6) is 11.5 Å². The van der Waals surface area contributed by atoms with Crippen molar-refractivity contribution in [3.8, 4) is 11.5 Å². The number of amides is 1. The van der Waals surface area contributed by atoms with E-state index >= 15 is 0 Å². The van der Waals surface area contributed by atoms with Gasteiger partial charge in [-0.05, 0) is 37.3 Å². The lowest BCUT2D eigenvalue weighted by molar-refractivity contribution is 0.1000. The van der Waals surface area contributed by atoms with Gasteiger partial charge < -0.3 is 30.6 Å². The molecule has 0 aliphatic carbocycles. The fraction of sp³-hybridized carbons (Fsp3) is 0.273. The summed E-state index contributed by atoms with van der Waals surface area (Å²) < 4.78 is 11.4. The topological polar surface area (TPSA) is 127 Å². The Morgan fingerprint density at radius 1 is 1.10 bits per heavy atom. The highest BCUT2D eigenvalue weighted by atomic mass is 35.5. The molecule has 9 heteroatoms. The van der Waals surface area contributed by atoms with Gasteiger partial charge in [0.25, 0.3) is 5.56 Å². The second kappa shape index (κ2) is 11.4. The Kier molecular flexibility index (Phi) is 8.87. The van der Waals surface area contributed by atoms with E-state index in [-0.39, 0.29) is 30.6 Å². The van der Waals surface area contributed by atoms with Crippen LogP contribution < -0.4 is 26.1 Å². The standard InChI is InChI=1S/C22H25N3O5.ClH/c1-14(12-29-17-8-6-15(7-9-17)21(23)27)24-10-16(26)13-30-20-11-25-22(28)19-5-3-2-4-18(19)20;/h2-9,11,14,16,24,26H,10,12-13H2,1H3,(H2,23,27)(H,25,28);1H. The van der Waals surface area contributed by atoms with E-state index in [9.17, 15) is 14.7 Å². The van der Waals surface area contributed by atoms with Crippen molar-refractivity contribution in [1.29, 1.82) is 0 Å². The maximum Gasteiger partial charge on any atom is 0.256 e. The van der Waals surface area contributed by atoms with Gasteiger partial charge >= 0.3 is 0 Å². The second-order valence-corrected chi connectivity index (χ2v) is 7.00. The van der Waals surface area contributed by atoms with Crippen LogP contribution in [0.1, 0.15) is 17.3 Å². The molecule has 8 nitrogen and oxygen atoms in total. The second-order valence-electron chi connectivity index (χ2n) is 7.00.